The van der Waals surface area contributed by atoms with Gasteiger partial charge in [0, 0.05) is 0 Å². The molecule has 0 aromatic rings. The van der Waals surface area contributed by atoms with Crippen molar-refractivity contribution < 1.29 is 0 Å². The van der Waals surface area contributed by atoms with Gasteiger partial charge in [-0.05, 0) is 51.8 Å². The van der Waals surface area contributed by atoms with Crippen LogP contribution in [0.25, 0.3) is 0 Å². The van der Waals surface area contributed by atoms with Crippen LogP contribution < -0.4 is 0 Å². The summed E-state index contributed by atoms with van der Waals surface area (Å²) in [5.41, 5.74) is 1.06. The van der Waals surface area contributed by atoms with Gasteiger partial charge in [0.1, 0.15) is 0 Å². The van der Waals surface area contributed by atoms with Crippen molar-refractivity contribution in [2.45, 2.75) is 135 Å². The third-order valence-corrected chi connectivity index (χ3v) is 9.98. The summed E-state index contributed by atoms with van der Waals surface area (Å²) in [7, 11) is 0. The van der Waals surface area contributed by atoms with Crippen LogP contribution in [0.4, 0.5) is 0 Å². The molecule has 0 spiro atoms. The van der Waals surface area contributed by atoms with Gasteiger partial charge in [-0.2, -0.15) is 0 Å². The van der Waals surface area contributed by atoms with Crippen LogP contribution in [-0.4, -0.2) is 0 Å². The van der Waals surface area contributed by atoms with Gasteiger partial charge in [0.15, 0.2) is 0 Å². The molecule has 29 heavy (non-hydrogen) atoms. The fraction of sp³-hybridized carbons (Fsp3) is 1.00. The lowest BCUT2D eigenvalue weighted by Gasteiger charge is -2.63. The highest BCUT2D eigenvalue weighted by molar-refractivity contribution is 5.06. The van der Waals surface area contributed by atoms with Crippen molar-refractivity contribution in [3.05, 3.63) is 0 Å². The Balaban J connectivity index is 0.00000184. The van der Waals surface area contributed by atoms with Gasteiger partial charge in [-0.15, -0.1) is 0 Å². The van der Waals surface area contributed by atoms with Gasteiger partial charge >= 0.3 is 0 Å². The normalized spacial score (nSPS) is 33.7. The minimum absolute atomic E-state index is 0.328. The molecule has 2 fully saturated rings. The van der Waals surface area contributed by atoms with Gasteiger partial charge in [0.2, 0.25) is 0 Å². The zero-order valence-corrected chi connectivity index (χ0v) is 23.2. The summed E-state index contributed by atoms with van der Waals surface area (Å²) in [6.07, 6.45) is 8.62. The average Bonchev–Trinajstić information content (AvgIpc) is 2.64. The van der Waals surface area contributed by atoms with E-state index in [9.17, 15) is 0 Å². The van der Waals surface area contributed by atoms with Crippen molar-refractivity contribution >= 4 is 0 Å². The Morgan fingerprint density at radius 2 is 0.655 bits per heavy atom. The van der Waals surface area contributed by atoms with E-state index in [1.54, 1.807) is 0 Å². The highest BCUT2D eigenvalue weighted by atomic mass is 14.6. The van der Waals surface area contributed by atoms with E-state index in [1.807, 2.05) is 27.7 Å². The smallest absolute Gasteiger partial charge is 0.0246 e. The molecule has 0 heterocycles. The van der Waals surface area contributed by atoms with E-state index in [0.29, 0.717) is 16.2 Å². The van der Waals surface area contributed by atoms with Gasteiger partial charge in [-0.1, -0.05) is 135 Å². The predicted molar refractivity (Wildman–Crippen MR) is 135 cm³/mol. The monoisotopic (exact) mass is 408 g/mol. The summed E-state index contributed by atoms with van der Waals surface area (Å²) in [4.78, 5) is 0. The number of hydrogen-bond donors (Lipinski definition) is 0. The SMILES string of the molecule is CC.CC.CC1CCCC(C)C1C(C)(C)C(C)(C)C(C)(C)C1C(C)CCCC1C. The molecule has 0 aliphatic heterocycles. The largest absolute Gasteiger partial charge is 0.0683 e. The third kappa shape index (κ3) is 5.63. The Hall–Kier alpha value is 0. The van der Waals surface area contributed by atoms with E-state index >= 15 is 0 Å². The van der Waals surface area contributed by atoms with E-state index in [2.05, 4.69) is 69.2 Å². The molecule has 2 rings (SSSR count). The van der Waals surface area contributed by atoms with Crippen LogP contribution in [0.3, 0.4) is 0 Å². The topological polar surface area (TPSA) is 0 Å². The summed E-state index contributed by atoms with van der Waals surface area (Å²) in [5, 5.41) is 0. The van der Waals surface area contributed by atoms with E-state index in [-0.39, 0.29) is 0 Å². The maximum atomic E-state index is 2.62. The molecule has 4 unspecified atom stereocenters. The molecule has 0 aromatic carbocycles. The fourth-order valence-corrected chi connectivity index (χ4v) is 7.87. The third-order valence-electron chi connectivity index (χ3n) is 9.98. The molecule has 0 bridgehead atoms. The van der Waals surface area contributed by atoms with Crippen LogP contribution in [-0.2, 0) is 0 Å². The summed E-state index contributed by atoms with van der Waals surface area (Å²) in [5.74, 6) is 5.18. The molecular formula is C29H60. The van der Waals surface area contributed by atoms with Gasteiger partial charge in [-0.3, -0.25) is 0 Å². The predicted octanol–water partition coefficient (Wildman–Crippen LogP) is 10.3. The van der Waals surface area contributed by atoms with Crippen molar-refractivity contribution in [2.75, 3.05) is 0 Å². The first-order valence-electron chi connectivity index (χ1n) is 13.4. The minimum atomic E-state index is 0.328. The lowest BCUT2D eigenvalue weighted by atomic mass is 9.42. The van der Waals surface area contributed by atoms with Crippen molar-refractivity contribution in [1.29, 1.82) is 0 Å². The first-order chi connectivity index (χ1) is 13.4. The first kappa shape index (κ1) is 29.0. The summed E-state index contributed by atoms with van der Waals surface area (Å²) in [6, 6.07) is 0. The second-order valence-corrected chi connectivity index (χ2v) is 11.9. The van der Waals surface area contributed by atoms with E-state index in [0.717, 1.165) is 35.5 Å². The highest BCUT2D eigenvalue weighted by Gasteiger charge is 2.57. The Bertz CT molecular complexity index is 381. The fourth-order valence-electron chi connectivity index (χ4n) is 7.87. The molecule has 4 atom stereocenters. The van der Waals surface area contributed by atoms with Crippen LogP contribution in [0.1, 0.15) is 135 Å². The van der Waals surface area contributed by atoms with Crippen LogP contribution in [0.5, 0.6) is 0 Å². The van der Waals surface area contributed by atoms with Crippen LogP contribution >= 0.6 is 0 Å². The second-order valence-electron chi connectivity index (χ2n) is 11.9. The van der Waals surface area contributed by atoms with Crippen LogP contribution in [0, 0.1) is 51.8 Å². The second kappa shape index (κ2) is 11.6. The van der Waals surface area contributed by atoms with Gasteiger partial charge in [0.25, 0.3) is 0 Å². The molecule has 2 aliphatic carbocycles. The lowest BCUT2D eigenvalue weighted by molar-refractivity contribution is -0.143. The zero-order valence-electron chi connectivity index (χ0n) is 23.2. The van der Waals surface area contributed by atoms with E-state index < -0.39 is 0 Å². The standard InChI is InChI=1S/C25H48.2C2H6/c1-17-13-11-14-18(2)21(17)23(5,6)25(9,10)24(7,8)22-19(3)15-12-16-20(22)4;2*1-2/h17-22H,11-16H2,1-10H3;2*1-2H3. The minimum Gasteiger partial charge on any atom is -0.0683 e. The van der Waals surface area contributed by atoms with Crippen molar-refractivity contribution in [3.63, 3.8) is 0 Å². The maximum absolute atomic E-state index is 2.62. The summed E-state index contributed by atoms with van der Waals surface area (Å²) >= 11 is 0. The molecule has 0 saturated heterocycles. The molecule has 0 radical (unpaired) electrons. The molecule has 0 aromatic heterocycles. The zero-order chi connectivity index (χ0) is 23.2. The molecule has 0 nitrogen and oxygen atoms in total. The molecule has 0 amide bonds. The Morgan fingerprint density at radius 1 is 0.448 bits per heavy atom. The van der Waals surface area contributed by atoms with Crippen molar-refractivity contribution in [1.82, 2.24) is 0 Å². The number of hydrogen-bond acceptors (Lipinski definition) is 0. The Morgan fingerprint density at radius 3 is 0.862 bits per heavy atom. The molecule has 0 N–H and O–H groups in total. The lowest BCUT2D eigenvalue weighted by Crippen LogP contribution is -2.56. The van der Waals surface area contributed by atoms with Crippen LogP contribution in [0.15, 0.2) is 0 Å². The van der Waals surface area contributed by atoms with Gasteiger partial charge < -0.3 is 0 Å². The van der Waals surface area contributed by atoms with Crippen LogP contribution in [0.2, 0.25) is 0 Å². The quantitative estimate of drug-likeness (QED) is 0.434. The molecular weight excluding hydrogens is 348 g/mol. The number of rotatable bonds is 4. The first-order valence-corrected chi connectivity index (χ1v) is 13.4. The van der Waals surface area contributed by atoms with E-state index in [4.69, 9.17) is 0 Å². The summed E-state index contributed by atoms with van der Waals surface area (Å²) in [6.45, 7) is 33.9. The molecule has 176 valence electrons. The van der Waals surface area contributed by atoms with Gasteiger partial charge in [0.05, 0.1) is 0 Å². The maximum Gasteiger partial charge on any atom is -0.0246 e. The average molecular weight is 409 g/mol. The molecule has 2 saturated carbocycles. The summed E-state index contributed by atoms with van der Waals surface area (Å²) < 4.78 is 0. The molecule has 2 aliphatic rings. The molecule has 0 heteroatoms. The van der Waals surface area contributed by atoms with Gasteiger partial charge in [-0.25, -0.2) is 0 Å². The van der Waals surface area contributed by atoms with E-state index in [1.165, 1.54) is 38.5 Å². The van der Waals surface area contributed by atoms with Crippen molar-refractivity contribution in [2.24, 2.45) is 51.8 Å². The van der Waals surface area contributed by atoms with Crippen molar-refractivity contribution in [3.8, 4) is 0 Å². The Kier molecular flexibility index (Phi) is 11.6. The highest BCUT2D eigenvalue weighted by Crippen LogP contribution is 2.64. The Labute approximate surface area is 187 Å².